The van der Waals surface area contributed by atoms with Crippen LogP contribution in [0, 0.1) is 13.8 Å². The summed E-state index contributed by atoms with van der Waals surface area (Å²) >= 11 is 7.24. The standard InChI is InChI=1S/C22H22ClN5O2S/c1-14-6-7-15(2)18(13-14)28-22(24-25-26-28)31-19-5-3-4-12-27(21(19)30)20(29)16-8-10-17(23)11-9-16/h6-11,13,19H,3-5,12H2,1-2H3. The highest BCUT2D eigenvalue weighted by molar-refractivity contribution is 8.00. The highest BCUT2D eigenvalue weighted by atomic mass is 35.5. The Morgan fingerprint density at radius 3 is 2.68 bits per heavy atom. The lowest BCUT2D eigenvalue weighted by molar-refractivity contribution is -0.127. The largest absolute Gasteiger partial charge is 0.278 e. The van der Waals surface area contributed by atoms with Crippen molar-refractivity contribution in [2.24, 2.45) is 0 Å². The van der Waals surface area contributed by atoms with Gasteiger partial charge < -0.3 is 0 Å². The summed E-state index contributed by atoms with van der Waals surface area (Å²) in [6.07, 6.45) is 2.27. The highest BCUT2D eigenvalue weighted by Crippen LogP contribution is 2.31. The van der Waals surface area contributed by atoms with Crippen molar-refractivity contribution in [3.63, 3.8) is 0 Å². The molecular formula is C22H22ClN5O2S. The molecule has 0 bridgehead atoms. The second-order valence-corrected chi connectivity index (χ2v) is 9.17. The molecule has 1 fully saturated rings. The first-order valence-corrected chi connectivity index (χ1v) is 11.3. The molecule has 1 aliphatic rings. The zero-order valence-electron chi connectivity index (χ0n) is 17.3. The molecule has 1 saturated heterocycles. The molecule has 2 aromatic carbocycles. The third kappa shape index (κ3) is 4.65. The summed E-state index contributed by atoms with van der Waals surface area (Å²) in [7, 11) is 0. The molecule has 2 amide bonds. The molecule has 1 aliphatic heterocycles. The summed E-state index contributed by atoms with van der Waals surface area (Å²) in [6, 6.07) is 12.7. The van der Waals surface area contributed by atoms with Gasteiger partial charge >= 0.3 is 0 Å². The number of tetrazole rings is 1. The van der Waals surface area contributed by atoms with E-state index in [2.05, 4.69) is 15.5 Å². The van der Waals surface area contributed by atoms with Crippen molar-refractivity contribution in [2.45, 2.75) is 43.5 Å². The van der Waals surface area contributed by atoms with Crippen LogP contribution in [0.1, 0.15) is 40.7 Å². The number of hydrogen-bond donors (Lipinski definition) is 0. The molecule has 0 radical (unpaired) electrons. The van der Waals surface area contributed by atoms with Crippen molar-refractivity contribution in [2.75, 3.05) is 6.54 Å². The molecule has 160 valence electrons. The Balaban J connectivity index is 1.58. The van der Waals surface area contributed by atoms with Crippen LogP contribution >= 0.6 is 23.4 Å². The molecule has 0 aliphatic carbocycles. The van der Waals surface area contributed by atoms with Gasteiger partial charge in [0.1, 0.15) is 0 Å². The van der Waals surface area contributed by atoms with E-state index < -0.39 is 5.25 Å². The van der Waals surface area contributed by atoms with Gasteiger partial charge in [-0.05, 0) is 78.6 Å². The van der Waals surface area contributed by atoms with E-state index in [1.165, 1.54) is 16.7 Å². The van der Waals surface area contributed by atoms with Gasteiger partial charge in [-0.25, -0.2) is 0 Å². The van der Waals surface area contributed by atoms with Crippen LogP contribution in [0.15, 0.2) is 47.6 Å². The quantitative estimate of drug-likeness (QED) is 0.547. The molecule has 0 saturated carbocycles. The van der Waals surface area contributed by atoms with Crippen molar-refractivity contribution in [1.29, 1.82) is 0 Å². The Bertz CT molecular complexity index is 1120. The van der Waals surface area contributed by atoms with Gasteiger partial charge in [-0.3, -0.25) is 14.5 Å². The number of halogens is 1. The Morgan fingerprint density at radius 1 is 1.13 bits per heavy atom. The first kappa shape index (κ1) is 21.5. The van der Waals surface area contributed by atoms with E-state index in [1.807, 2.05) is 32.0 Å². The molecule has 4 rings (SSSR count). The van der Waals surface area contributed by atoms with E-state index in [1.54, 1.807) is 28.9 Å². The number of amides is 2. The molecule has 9 heteroatoms. The number of nitrogens with zero attached hydrogens (tertiary/aromatic N) is 5. The van der Waals surface area contributed by atoms with E-state index in [4.69, 9.17) is 11.6 Å². The van der Waals surface area contributed by atoms with Gasteiger partial charge in [0.05, 0.1) is 10.9 Å². The van der Waals surface area contributed by atoms with Crippen LogP contribution in [0.2, 0.25) is 5.02 Å². The van der Waals surface area contributed by atoms with Crippen molar-refractivity contribution in [1.82, 2.24) is 25.1 Å². The van der Waals surface area contributed by atoms with Gasteiger partial charge in [0.2, 0.25) is 11.1 Å². The van der Waals surface area contributed by atoms with E-state index >= 15 is 0 Å². The van der Waals surface area contributed by atoms with Gasteiger partial charge in [0.25, 0.3) is 5.91 Å². The number of aromatic nitrogens is 4. The van der Waals surface area contributed by atoms with Gasteiger partial charge in [0.15, 0.2) is 0 Å². The number of rotatable bonds is 4. The average molecular weight is 456 g/mol. The van der Waals surface area contributed by atoms with Crippen LogP contribution in [0.3, 0.4) is 0 Å². The van der Waals surface area contributed by atoms with Gasteiger partial charge in [-0.2, -0.15) is 4.68 Å². The van der Waals surface area contributed by atoms with E-state index in [0.29, 0.717) is 28.7 Å². The molecule has 31 heavy (non-hydrogen) atoms. The number of likely N-dealkylation sites (tertiary alicyclic amines) is 1. The molecule has 2 heterocycles. The van der Waals surface area contributed by atoms with Crippen LogP contribution in [0.4, 0.5) is 0 Å². The summed E-state index contributed by atoms with van der Waals surface area (Å²) < 4.78 is 1.66. The molecule has 1 unspecified atom stereocenters. The molecule has 7 nitrogen and oxygen atoms in total. The molecule has 3 aromatic rings. The van der Waals surface area contributed by atoms with Crippen LogP contribution in [-0.2, 0) is 4.79 Å². The van der Waals surface area contributed by atoms with Crippen LogP contribution < -0.4 is 0 Å². The fourth-order valence-corrected chi connectivity index (χ4v) is 4.76. The lowest BCUT2D eigenvalue weighted by atomic mass is 10.1. The van der Waals surface area contributed by atoms with Crippen molar-refractivity contribution in [3.8, 4) is 5.69 Å². The average Bonchev–Trinajstić information content (AvgIpc) is 3.14. The minimum atomic E-state index is -0.436. The Hall–Kier alpha value is -2.71. The van der Waals surface area contributed by atoms with Gasteiger partial charge in [-0.15, -0.1) is 5.10 Å². The number of carbonyl (C=O) groups excluding carboxylic acids is 2. The maximum absolute atomic E-state index is 13.3. The number of benzene rings is 2. The number of imide groups is 1. The number of aryl methyl sites for hydroxylation is 2. The first-order chi connectivity index (χ1) is 14.9. The summed E-state index contributed by atoms with van der Waals surface area (Å²) in [4.78, 5) is 27.6. The predicted octanol–water partition coefficient (Wildman–Crippen LogP) is 4.25. The molecule has 1 aromatic heterocycles. The van der Waals surface area contributed by atoms with E-state index in [9.17, 15) is 9.59 Å². The van der Waals surface area contributed by atoms with Crippen molar-refractivity contribution >= 4 is 35.2 Å². The minimum Gasteiger partial charge on any atom is -0.278 e. The van der Waals surface area contributed by atoms with Crippen molar-refractivity contribution in [3.05, 3.63) is 64.2 Å². The summed E-state index contributed by atoms with van der Waals surface area (Å²) in [6.45, 7) is 4.41. The molecule has 0 N–H and O–H groups in total. The van der Waals surface area contributed by atoms with E-state index in [0.717, 1.165) is 29.7 Å². The first-order valence-electron chi connectivity index (χ1n) is 10.1. The number of carbonyl (C=O) groups is 2. The minimum absolute atomic E-state index is 0.210. The molecule has 0 spiro atoms. The van der Waals surface area contributed by atoms with E-state index in [-0.39, 0.29) is 11.8 Å². The predicted molar refractivity (Wildman–Crippen MR) is 120 cm³/mol. The third-order valence-electron chi connectivity index (χ3n) is 5.26. The lowest BCUT2D eigenvalue weighted by Crippen LogP contribution is -2.41. The Kier molecular flexibility index (Phi) is 6.38. The monoisotopic (exact) mass is 455 g/mol. The van der Waals surface area contributed by atoms with Gasteiger partial charge in [-0.1, -0.05) is 41.9 Å². The highest BCUT2D eigenvalue weighted by Gasteiger charge is 2.33. The van der Waals surface area contributed by atoms with Crippen LogP contribution in [-0.4, -0.2) is 48.7 Å². The van der Waals surface area contributed by atoms with Crippen molar-refractivity contribution < 1.29 is 9.59 Å². The zero-order valence-corrected chi connectivity index (χ0v) is 18.9. The fourth-order valence-electron chi connectivity index (χ4n) is 3.54. The Labute approximate surface area is 189 Å². The zero-order chi connectivity index (χ0) is 22.0. The fraction of sp³-hybridized carbons (Fsp3) is 0.318. The Morgan fingerprint density at radius 2 is 1.90 bits per heavy atom. The SMILES string of the molecule is Cc1ccc(C)c(-n2nnnc2SC2CCCCN(C(=O)c3ccc(Cl)cc3)C2=O)c1. The second kappa shape index (κ2) is 9.20. The second-order valence-electron chi connectivity index (χ2n) is 7.57. The lowest BCUT2D eigenvalue weighted by Gasteiger charge is -2.22. The number of thioether (sulfide) groups is 1. The molecular weight excluding hydrogens is 434 g/mol. The summed E-state index contributed by atoms with van der Waals surface area (Å²) in [5, 5.41) is 12.8. The van der Waals surface area contributed by atoms with Crippen LogP contribution in [0.5, 0.6) is 0 Å². The van der Waals surface area contributed by atoms with Crippen LogP contribution in [0.25, 0.3) is 5.69 Å². The maximum Gasteiger partial charge on any atom is 0.260 e. The third-order valence-corrected chi connectivity index (χ3v) is 6.70. The smallest absolute Gasteiger partial charge is 0.260 e. The molecule has 1 atom stereocenters. The normalized spacial score (nSPS) is 16.9. The summed E-state index contributed by atoms with van der Waals surface area (Å²) in [5.74, 6) is -0.513. The van der Waals surface area contributed by atoms with Gasteiger partial charge in [0, 0.05) is 17.1 Å². The summed E-state index contributed by atoms with van der Waals surface area (Å²) in [5.41, 5.74) is 3.45. The maximum atomic E-state index is 13.3. The number of hydrogen-bond acceptors (Lipinski definition) is 6. The topological polar surface area (TPSA) is 81.0 Å².